The van der Waals surface area contributed by atoms with Crippen LogP contribution in [0.15, 0.2) is 0 Å². The van der Waals surface area contributed by atoms with E-state index < -0.39 is 0 Å². The van der Waals surface area contributed by atoms with E-state index in [0.29, 0.717) is 0 Å². The normalized spacial score (nSPS) is 30.0. The van der Waals surface area contributed by atoms with E-state index in [4.69, 9.17) is 15.2 Å². The van der Waals surface area contributed by atoms with E-state index in [-0.39, 0.29) is 5.54 Å². The van der Waals surface area contributed by atoms with Gasteiger partial charge < -0.3 is 15.2 Å². The zero-order chi connectivity index (χ0) is 15.1. The van der Waals surface area contributed by atoms with E-state index in [1.807, 2.05) is 0 Å². The van der Waals surface area contributed by atoms with E-state index in [0.717, 1.165) is 51.1 Å². The van der Waals surface area contributed by atoms with Crippen molar-refractivity contribution < 1.29 is 9.47 Å². The van der Waals surface area contributed by atoms with Gasteiger partial charge in [-0.05, 0) is 43.9 Å². The van der Waals surface area contributed by atoms with Crippen molar-refractivity contribution in [3.8, 4) is 0 Å². The van der Waals surface area contributed by atoms with Gasteiger partial charge in [-0.25, -0.2) is 0 Å². The Kier molecular flexibility index (Phi) is 6.93. The molecule has 0 saturated heterocycles. The molecule has 2 unspecified atom stereocenters. The van der Waals surface area contributed by atoms with Gasteiger partial charge in [0, 0.05) is 46.0 Å². The highest BCUT2D eigenvalue weighted by Gasteiger charge is 2.44. The number of hydrogen-bond donors (Lipinski definition) is 1. The second-order valence-electron chi connectivity index (χ2n) is 6.95. The lowest BCUT2D eigenvalue weighted by atomic mass is 9.72. The van der Waals surface area contributed by atoms with Crippen molar-refractivity contribution in [2.45, 2.75) is 50.5 Å². The summed E-state index contributed by atoms with van der Waals surface area (Å²) in [6.07, 6.45) is 9.29. The average molecular weight is 298 g/mol. The number of ether oxygens (including phenoxy) is 2. The molecule has 0 bridgehead atoms. The van der Waals surface area contributed by atoms with Gasteiger partial charge >= 0.3 is 0 Å². The summed E-state index contributed by atoms with van der Waals surface area (Å²) in [4.78, 5) is 2.62. The Hall–Kier alpha value is -0.160. The molecule has 124 valence electrons. The SMILES string of the molecule is COCCCN(CCOC)C1(CN)CCCC(C2CC2)C1. The Balaban J connectivity index is 1.99. The first-order chi connectivity index (χ1) is 10.3. The summed E-state index contributed by atoms with van der Waals surface area (Å²) in [6.45, 7) is 4.48. The summed E-state index contributed by atoms with van der Waals surface area (Å²) in [6, 6.07) is 0. The largest absolute Gasteiger partial charge is 0.385 e. The molecule has 0 aromatic heterocycles. The molecule has 0 spiro atoms. The van der Waals surface area contributed by atoms with Crippen LogP contribution in [0.3, 0.4) is 0 Å². The third-order valence-electron chi connectivity index (χ3n) is 5.54. The minimum atomic E-state index is 0.206. The monoisotopic (exact) mass is 298 g/mol. The summed E-state index contributed by atoms with van der Waals surface area (Å²) in [5, 5.41) is 0. The van der Waals surface area contributed by atoms with Crippen LogP contribution in [0.1, 0.15) is 44.9 Å². The van der Waals surface area contributed by atoms with Crippen molar-refractivity contribution in [2.24, 2.45) is 17.6 Å². The summed E-state index contributed by atoms with van der Waals surface area (Å²) in [5.74, 6) is 1.91. The van der Waals surface area contributed by atoms with Crippen LogP contribution in [0.25, 0.3) is 0 Å². The molecule has 2 saturated carbocycles. The number of rotatable bonds is 10. The first kappa shape index (κ1) is 17.2. The highest BCUT2D eigenvalue weighted by Crippen LogP contribution is 2.47. The molecule has 0 radical (unpaired) electrons. The number of hydrogen-bond acceptors (Lipinski definition) is 4. The second kappa shape index (κ2) is 8.47. The van der Waals surface area contributed by atoms with Crippen molar-refractivity contribution in [3.63, 3.8) is 0 Å². The quantitative estimate of drug-likeness (QED) is 0.629. The predicted octanol–water partition coefficient (Wildman–Crippen LogP) is 2.27. The molecule has 21 heavy (non-hydrogen) atoms. The average Bonchev–Trinajstić information content (AvgIpc) is 3.35. The molecule has 0 aromatic rings. The predicted molar refractivity (Wildman–Crippen MR) is 86.4 cm³/mol. The lowest BCUT2D eigenvalue weighted by Crippen LogP contribution is -2.57. The van der Waals surface area contributed by atoms with Crippen LogP contribution in [0, 0.1) is 11.8 Å². The van der Waals surface area contributed by atoms with E-state index in [9.17, 15) is 0 Å². The lowest BCUT2D eigenvalue weighted by molar-refractivity contribution is 0.00841. The Morgan fingerprint density at radius 2 is 1.81 bits per heavy atom. The molecular weight excluding hydrogens is 264 g/mol. The number of nitrogens with two attached hydrogens (primary N) is 1. The first-order valence-electron chi connectivity index (χ1n) is 8.69. The van der Waals surface area contributed by atoms with Gasteiger partial charge in [-0.15, -0.1) is 0 Å². The van der Waals surface area contributed by atoms with E-state index >= 15 is 0 Å². The maximum Gasteiger partial charge on any atom is 0.0589 e. The van der Waals surface area contributed by atoms with Gasteiger partial charge in [-0.1, -0.05) is 12.8 Å². The van der Waals surface area contributed by atoms with E-state index in [1.165, 1.54) is 38.5 Å². The van der Waals surface area contributed by atoms with Gasteiger partial charge in [-0.3, -0.25) is 4.90 Å². The Morgan fingerprint density at radius 1 is 1.05 bits per heavy atom. The maximum absolute atomic E-state index is 6.28. The molecule has 2 N–H and O–H groups in total. The molecule has 0 aliphatic heterocycles. The Bertz CT molecular complexity index is 297. The molecule has 2 aliphatic rings. The van der Waals surface area contributed by atoms with Crippen molar-refractivity contribution >= 4 is 0 Å². The minimum absolute atomic E-state index is 0.206. The molecule has 4 nitrogen and oxygen atoms in total. The fourth-order valence-electron chi connectivity index (χ4n) is 4.14. The van der Waals surface area contributed by atoms with Crippen LogP contribution >= 0.6 is 0 Å². The smallest absolute Gasteiger partial charge is 0.0589 e. The first-order valence-corrected chi connectivity index (χ1v) is 8.69. The van der Waals surface area contributed by atoms with Gasteiger partial charge in [0.1, 0.15) is 0 Å². The highest BCUT2D eigenvalue weighted by atomic mass is 16.5. The zero-order valence-electron chi connectivity index (χ0n) is 14.0. The molecule has 0 aromatic carbocycles. The second-order valence-corrected chi connectivity index (χ2v) is 6.95. The summed E-state index contributed by atoms with van der Waals surface area (Å²) < 4.78 is 10.6. The Morgan fingerprint density at radius 3 is 2.43 bits per heavy atom. The third-order valence-corrected chi connectivity index (χ3v) is 5.54. The highest BCUT2D eigenvalue weighted by molar-refractivity contribution is 4.99. The zero-order valence-corrected chi connectivity index (χ0v) is 14.0. The van der Waals surface area contributed by atoms with Crippen LogP contribution < -0.4 is 5.73 Å². The molecule has 0 heterocycles. The molecule has 0 amide bonds. The molecule has 4 heteroatoms. The van der Waals surface area contributed by atoms with Gasteiger partial charge in [-0.2, -0.15) is 0 Å². The van der Waals surface area contributed by atoms with Gasteiger partial charge in [0.25, 0.3) is 0 Å². The van der Waals surface area contributed by atoms with Crippen LogP contribution in [0.4, 0.5) is 0 Å². The van der Waals surface area contributed by atoms with Crippen molar-refractivity contribution in [1.82, 2.24) is 4.90 Å². The van der Waals surface area contributed by atoms with Crippen molar-refractivity contribution in [1.29, 1.82) is 0 Å². The third kappa shape index (κ3) is 4.65. The number of nitrogens with zero attached hydrogens (tertiary/aromatic N) is 1. The standard InChI is InChI=1S/C17H34N2O2/c1-20-11-4-9-19(10-12-21-2)17(14-18)8-3-5-16(13-17)15-6-7-15/h15-16H,3-14,18H2,1-2H3. The minimum Gasteiger partial charge on any atom is -0.385 e. The fourth-order valence-corrected chi connectivity index (χ4v) is 4.14. The van der Waals surface area contributed by atoms with Crippen LogP contribution in [0.2, 0.25) is 0 Å². The molecule has 2 fully saturated rings. The summed E-state index contributed by atoms with van der Waals surface area (Å²) >= 11 is 0. The number of methoxy groups -OCH3 is 2. The fraction of sp³-hybridized carbons (Fsp3) is 1.00. The summed E-state index contributed by atoms with van der Waals surface area (Å²) in [5.41, 5.74) is 6.49. The molecule has 2 atom stereocenters. The molecule has 2 rings (SSSR count). The molecule has 2 aliphatic carbocycles. The van der Waals surface area contributed by atoms with Crippen molar-refractivity contribution in [2.75, 3.05) is 47.1 Å². The van der Waals surface area contributed by atoms with E-state index in [1.54, 1.807) is 14.2 Å². The van der Waals surface area contributed by atoms with Crippen LogP contribution in [-0.2, 0) is 9.47 Å². The van der Waals surface area contributed by atoms with Crippen molar-refractivity contribution in [3.05, 3.63) is 0 Å². The van der Waals surface area contributed by atoms with E-state index in [2.05, 4.69) is 4.90 Å². The van der Waals surface area contributed by atoms with Crippen LogP contribution in [-0.4, -0.2) is 57.5 Å². The summed E-state index contributed by atoms with van der Waals surface area (Å²) in [7, 11) is 3.57. The Labute approximate surface area is 130 Å². The van der Waals surface area contributed by atoms with Gasteiger partial charge in [0.15, 0.2) is 0 Å². The maximum atomic E-state index is 6.28. The lowest BCUT2D eigenvalue weighted by Gasteiger charge is -2.48. The molecular formula is C17H34N2O2. The van der Waals surface area contributed by atoms with Crippen LogP contribution in [0.5, 0.6) is 0 Å². The topological polar surface area (TPSA) is 47.7 Å². The van der Waals surface area contributed by atoms with Gasteiger partial charge in [0.2, 0.25) is 0 Å². The van der Waals surface area contributed by atoms with Gasteiger partial charge in [0.05, 0.1) is 6.61 Å².